The first kappa shape index (κ1) is 12.2. The highest BCUT2D eigenvalue weighted by Gasteiger charge is 2.35. The maximum absolute atomic E-state index is 11.6. The van der Waals surface area contributed by atoms with E-state index in [0.29, 0.717) is 12.0 Å². The molecule has 1 N–H and O–H groups in total. The maximum atomic E-state index is 11.6. The van der Waals surface area contributed by atoms with Crippen LogP contribution in [0.1, 0.15) is 39.0 Å². The largest absolute Gasteiger partial charge is 0.465 e. The Balaban J connectivity index is 1.80. The lowest BCUT2D eigenvalue weighted by Gasteiger charge is -2.27. The van der Waals surface area contributed by atoms with E-state index in [0.717, 1.165) is 11.7 Å². The molecule has 2 atom stereocenters. The summed E-state index contributed by atoms with van der Waals surface area (Å²) >= 11 is 1.90. The molecule has 2 aliphatic rings. The summed E-state index contributed by atoms with van der Waals surface area (Å²) in [4.78, 5) is 11.6. The summed E-state index contributed by atoms with van der Waals surface area (Å²) in [7, 11) is 0. The van der Waals surface area contributed by atoms with Gasteiger partial charge in [0, 0.05) is 5.75 Å². The van der Waals surface area contributed by atoms with Crippen molar-refractivity contribution in [2.75, 3.05) is 12.4 Å². The number of hydrogen-bond acceptors (Lipinski definition) is 4. The summed E-state index contributed by atoms with van der Waals surface area (Å²) in [6.07, 6.45) is 6.73. The Morgan fingerprint density at radius 1 is 1.38 bits per heavy atom. The molecule has 3 nitrogen and oxygen atoms in total. The molecule has 0 unspecified atom stereocenters. The van der Waals surface area contributed by atoms with Crippen molar-refractivity contribution in [2.24, 2.45) is 5.92 Å². The minimum absolute atomic E-state index is 0.0723. The molecule has 2 fully saturated rings. The van der Waals surface area contributed by atoms with Crippen molar-refractivity contribution in [2.45, 2.75) is 50.4 Å². The van der Waals surface area contributed by atoms with E-state index in [-0.39, 0.29) is 12.0 Å². The van der Waals surface area contributed by atoms with Crippen molar-refractivity contribution in [1.29, 1.82) is 0 Å². The molecule has 0 amide bonds. The Kier molecular flexibility index (Phi) is 4.53. The summed E-state index contributed by atoms with van der Waals surface area (Å²) in [6.45, 7) is 2.34. The Morgan fingerprint density at radius 3 is 2.81 bits per heavy atom. The lowest BCUT2D eigenvalue weighted by molar-refractivity contribution is -0.144. The summed E-state index contributed by atoms with van der Waals surface area (Å²) in [5, 5.41) is 3.91. The third kappa shape index (κ3) is 2.92. The number of ether oxygens (including phenoxy) is 1. The monoisotopic (exact) mass is 243 g/mol. The summed E-state index contributed by atoms with van der Waals surface area (Å²) in [5.74, 6) is 1.56. The molecule has 2 rings (SSSR count). The molecule has 0 aromatic heterocycles. The highest BCUT2D eigenvalue weighted by molar-refractivity contribution is 8.00. The van der Waals surface area contributed by atoms with Crippen LogP contribution < -0.4 is 5.32 Å². The molecular formula is C12H21NO2S. The van der Waals surface area contributed by atoms with E-state index in [1.54, 1.807) is 0 Å². The molecule has 0 spiro atoms. The number of nitrogens with one attached hydrogen (secondary N) is 1. The van der Waals surface area contributed by atoms with Gasteiger partial charge in [0.05, 0.1) is 12.0 Å². The van der Waals surface area contributed by atoms with Gasteiger partial charge in [0.1, 0.15) is 6.04 Å². The molecule has 4 heteroatoms. The van der Waals surface area contributed by atoms with Crippen LogP contribution in [0.3, 0.4) is 0 Å². The van der Waals surface area contributed by atoms with Crippen LogP contribution in [-0.4, -0.2) is 29.7 Å². The lowest BCUT2D eigenvalue weighted by Crippen LogP contribution is -2.41. The molecule has 0 aromatic rings. The smallest absolute Gasteiger partial charge is 0.324 e. The number of carbonyl (C=O) groups is 1. The van der Waals surface area contributed by atoms with Gasteiger partial charge in [-0.15, -0.1) is 11.8 Å². The minimum Gasteiger partial charge on any atom is -0.465 e. The first-order valence-corrected chi connectivity index (χ1v) is 7.40. The Hall–Kier alpha value is -0.220. The maximum Gasteiger partial charge on any atom is 0.324 e. The number of carbonyl (C=O) groups excluding carboxylic acids is 1. The molecule has 92 valence electrons. The Bertz CT molecular complexity index is 241. The molecule has 1 aliphatic heterocycles. The fourth-order valence-electron chi connectivity index (χ4n) is 2.58. The fourth-order valence-corrected chi connectivity index (χ4v) is 4.02. The first-order chi connectivity index (χ1) is 7.81. The Morgan fingerprint density at radius 2 is 2.12 bits per heavy atom. The van der Waals surface area contributed by atoms with Gasteiger partial charge in [-0.2, -0.15) is 0 Å². The van der Waals surface area contributed by atoms with Crippen LogP contribution in [0.5, 0.6) is 0 Å². The predicted octanol–water partition coefficient (Wildman–Crippen LogP) is 2.16. The van der Waals surface area contributed by atoms with Crippen molar-refractivity contribution >= 4 is 17.7 Å². The lowest BCUT2D eigenvalue weighted by atomic mass is 9.89. The van der Waals surface area contributed by atoms with Crippen LogP contribution in [0.25, 0.3) is 0 Å². The van der Waals surface area contributed by atoms with E-state index in [2.05, 4.69) is 5.32 Å². The van der Waals surface area contributed by atoms with E-state index in [1.165, 1.54) is 32.1 Å². The van der Waals surface area contributed by atoms with Gasteiger partial charge in [-0.05, 0) is 25.7 Å². The molecule has 1 saturated carbocycles. The third-order valence-electron chi connectivity index (χ3n) is 3.46. The van der Waals surface area contributed by atoms with Gasteiger partial charge in [0.15, 0.2) is 0 Å². The van der Waals surface area contributed by atoms with Crippen molar-refractivity contribution in [1.82, 2.24) is 5.32 Å². The molecule has 1 saturated heterocycles. The molecule has 0 aromatic carbocycles. The van der Waals surface area contributed by atoms with Gasteiger partial charge in [-0.3, -0.25) is 10.1 Å². The topological polar surface area (TPSA) is 38.3 Å². The van der Waals surface area contributed by atoms with Crippen LogP contribution in [0.2, 0.25) is 0 Å². The third-order valence-corrected chi connectivity index (χ3v) is 4.86. The highest BCUT2D eigenvalue weighted by atomic mass is 32.2. The average Bonchev–Trinajstić information content (AvgIpc) is 2.80. The quantitative estimate of drug-likeness (QED) is 0.771. The van der Waals surface area contributed by atoms with Crippen LogP contribution >= 0.6 is 11.8 Å². The Labute approximate surface area is 102 Å². The van der Waals surface area contributed by atoms with Crippen LogP contribution in [0.4, 0.5) is 0 Å². The number of thioether (sulfide) groups is 1. The van der Waals surface area contributed by atoms with Gasteiger partial charge in [-0.1, -0.05) is 19.3 Å². The second-order valence-corrected chi connectivity index (χ2v) is 5.80. The standard InChI is InChI=1S/C12H21NO2S/c1-2-15-12(14)10-8-16-11(13-10)9-6-4-3-5-7-9/h9-11,13H,2-8H2,1H3/t10-,11-/m1/s1. The summed E-state index contributed by atoms with van der Waals surface area (Å²) in [6, 6.07) is -0.0723. The van der Waals surface area contributed by atoms with Gasteiger partial charge >= 0.3 is 5.97 Å². The summed E-state index contributed by atoms with van der Waals surface area (Å²) < 4.78 is 5.05. The van der Waals surface area contributed by atoms with E-state index in [4.69, 9.17) is 4.74 Å². The second-order valence-electron chi connectivity index (χ2n) is 4.62. The molecule has 1 heterocycles. The minimum atomic E-state index is -0.0756. The van der Waals surface area contributed by atoms with E-state index in [1.807, 2.05) is 18.7 Å². The number of hydrogen-bond donors (Lipinski definition) is 1. The zero-order valence-electron chi connectivity index (χ0n) is 9.91. The average molecular weight is 243 g/mol. The van der Waals surface area contributed by atoms with Crippen LogP contribution in [-0.2, 0) is 9.53 Å². The predicted molar refractivity (Wildman–Crippen MR) is 66.4 cm³/mol. The molecule has 0 bridgehead atoms. The number of rotatable bonds is 3. The summed E-state index contributed by atoms with van der Waals surface area (Å²) in [5.41, 5.74) is 0. The van der Waals surface area contributed by atoms with Crippen molar-refractivity contribution in [3.05, 3.63) is 0 Å². The van der Waals surface area contributed by atoms with Crippen molar-refractivity contribution in [3.63, 3.8) is 0 Å². The molecule has 16 heavy (non-hydrogen) atoms. The first-order valence-electron chi connectivity index (χ1n) is 6.35. The van der Waals surface area contributed by atoms with Gasteiger partial charge in [0.2, 0.25) is 0 Å². The normalized spacial score (nSPS) is 31.6. The molecule has 1 aliphatic carbocycles. The zero-order chi connectivity index (χ0) is 11.4. The van der Waals surface area contributed by atoms with E-state index in [9.17, 15) is 4.79 Å². The van der Waals surface area contributed by atoms with Crippen LogP contribution in [0.15, 0.2) is 0 Å². The SMILES string of the molecule is CCOC(=O)[C@H]1CS[C@H](C2CCCCC2)N1. The molecule has 0 radical (unpaired) electrons. The van der Waals surface area contributed by atoms with E-state index >= 15 is 0 Å². The number of esters is 1. The fraction of sp³-hybridized carbons (Fsp3) is 0.917. The van der Waals surface area contributed by atoms with Gasteiger partial charge in [0.25, 0.3) is 0 Å². The van der Waals surface area contributed by atoms with Crippen LogP contribution in [0, 0.1) is 5.92 Å². The van der Waals surface area contributed by atoms with Gasteiger partial charge < -0.3 is 4.74 Å². The van der Waals surface area contributed by atoms with Gasteiger partial charge in [-0.25, -0.2) is 0 Å². The van der Waals surface area contributed by atoms with Crippen molar-refractivity contribution in [3.8, 4) is 0 Å². The van der Waals surface area contributed by atoms with Crippen molar-refractivity contribution < 1.29 is 9.53 Å². The van der Waals surface area contributed by atoms with E-state index < -0.39 is 0 Å². The zero-order valence-corrected chi connectivity index (χ0v) is 10.7. The molecular weight excluding hydrogens is 222 g/mol. The highest BCUT2D eigenvalue weighted by Crippen LogP contribution is 2.34. The second kappa shape index (κ2) is 5.92.